The van der Waals surface area contributed by atoms with Crippen LogP contribution < -0.4 is 0 Å². The Morgan fingerprint density at radius 1 is 0.342 bits per heavy atom. The molecule has 0 spiro atoms. The molecule has 0 N–H and O–H groups in total. The zero-order valence-corrected chi connectivity index (χ0v) is 28.4. The molecule has 0 saturated heterocycles. The first-order valence-corrected chi connectivity index (χ1v) is 16.5. The molecule has 0 aliphatic carbocycles. The molecule has 0 saturated carbocycles. The molecule has 0 aliphatic heterocycles. The number of alkyl halides is 4. The topological polar surface area (TPSA) is 0 Å². The monoisotopic (exact) mass is 756 g/mol. The lowest BCUT2D eigenvalue weighted by Crippen LogP contribution is -1.99. The molecule has 0 bridgehead atoms. The Labute approximate surface area is 261 Å². The maximum Gasteiger partial charge on any atom is 0.0367 e. The first-order valence-electron chi connectivity index (χ1n) is 12.9. The van der Waals surface area contributed by atoms with Gasteiger partial charge in [-0.15, -0.1) is 0 Å². The van der Waals surface area contributed by atoms with Crippen molar-refractivity contribution in [2.45, 2.75) is 47.0 Å². The molecule has 4 aromatic carbocycles. The van der Waals surface area contributed by atoms with Gasteiger partial charge < -0.3 is 0 Å². The van der Waals surface area contributed by atoms with Crippen LogP contribution in [0.1, 0.15) is 91.5 Å². The minimum Gasteiger partial charge on any atom is -0.0842 e. The van der Waals surface area contributed by atoms with Gasteiger partial charge in [0.25, 0.3) is 0 Å². The number of hydrogen-bond donors (Lipinski definition) is 0. The highest BCUT2D eigenvalue weighted by Crippen LogP contribution is 2.39. The van der Waals surface area contributed by atoms with Gasteiger partial charge in [0.2, 0.25) is 0 Å². The van der Waals surface area contributed by atoms with Gasteiger partial charge in [-0.05, 0) is 83.3 Å². The summed E-state index contributed by atoms with van der Waals surface area (Å²) in [5.74, 6) is 0. The van der Waals surface area contributed by atoms with Gasteiger partial charge in [0.05, 0.1) is 0 Å². The van der Waals surface area contributed by atoms with Crippen molar-refractivity contribution in [2.75, 3.05) is 0 Å². The summed E-state index contributed by atoms with van der Waals surface area (Å²) >= 11 is 14.9. The fourth-order valence-corrected chi connectivity index (χ4v) is 5.79. The Hall–Kier alpha value is -1.46. The molecule has 0 aromatic heterocycles. The summed E-state index contributed by atoms with van der Waals surface area (Å²) in [5.41, 5.74) is 12.3. The van der Waals surface area contributed by atoms with Crippen molar-refractivity contribution < 1.29 is 0 Å². The average Bonchev–Trinajstić information content (AvgIpc) is 2.92. The molecule has 4 aromatic rings. The second-order valence-electron chi connectivity index (χ2n) is 9.70. The first-order chi connectivity index (χ1) is 18.2. The minimum atomic E-state index is 0.306. The molecule has 38 heavy (non-hydrogen) atoms. The SMILES string of the molecule is CC(Br)c1ccc(C(=C(c2ccc(C(C)Br)cc2)c2ccc(C(C)Br)cc2)c2ccc(C(C)Br)cc2)cc1. The lowest BCUT2D eigenvalue weighted by Gasteiger charge is -2.20. The lowest BCUT2D eigenvalue weighted by molar-refractivity contribution is 1.12. The Bertz CT molecular complexity index is 1140. The van der Waals surface area contributed by atoms with Crippen LogP contribution in [0.25, 0.3) is 11.1 Å². The average molecular weight is 760 g/mol. The summed E-state index contributed by atoms with van der Waals surface area (Å²) < 4.78 is 0. The van der Waals surface area contributed by atoms with Gasteiger partial charge >= 0.3 is 0 Å². The molecule has 0 amide bonds. The maximum atomic E-state index is 3.73. The van der Waals surface area contributed by atoms with E-state index in [4.69, 9.17) is 0 Å². The van der Waals surface area contributed by atoms with Crippen LogP contribution in [0.2, 0.25) is 0 Å². The second-order valence-corrected chi connectivity index (χ2v) is 15.2. The Kier molecular flexibility index (Phi) is 10.3. The molecular formula is C34H32Br4. The summed E-state index contributed by atoms with van der Waals surface area (Å²) in [6.45, 7) is 8.65. The third-order valence-electron chi connectivity index (χ3n) is 6.88. The van der Waals surface area contributed by atoms with Crippen LogP contribution in [0, 0.1) is 0 Å². The van der Waals surface area contributed by atoms with Crippen molar-refractivity contribution in [1.82, 2.24) is 0 Å². The van der Waals surface area contributed by atoms with E-state index in [1.807, 2.05) is 0 Å². The van der Waals surface area contributed by atoms with Crippen LogP contribution >= 0.6 is 63.7 Å². The lowest BCUT2D eigenvalue weighted by atomic mass is 9.84. The smallest absolute Gasteiger partial charge is 0.0367 e. The zero-order chi connectivity index (χ0) is 27.4. The molecule has 4 rings (SSSR count). The molecule has 4 unspecified atom stereocenters. The van der Waals surface area contributed by atoms with E-state index in [-0.39, 0.29) is 0 Å². The van der Waals surface area contributed by atoms with Crippen molar-refractivity contribution in [3.63, 3.8) is 0 Å². The summed E-state index contributed by atoms with van der Waals surface area (Å²) in [4.78, 5) is 1.22. The molecule has 4 heteroatoms. The van der Waals surface area contributed by atoms with E-state index in [1.165, 1.54) is 55.7 Å². The fourth-order valence-electron chi connectivity index (χ4n) is 4.57. The van der Waals surface area contributed by atoms with Gasteiger partial charge in [-0.2, -0.15) is 0 Å². The zero-order valence-electron chi connectivity index (χ0n) is 22.1. The van der Waals surface area contributed by atoms with Gasteiger partial charge in [0, 0.05) is 19.3 Å². The highest BCUT2D eigenvalue weighted by atomic mass is 79.9. The van der Waals surface area contributed by atoms with E-state index in [0.29, 0.717) is 19.3 Å². The number of hydrogen-bond acceptors (Lipinski definition) is 0. The standard InChI is InChI=1S/C34H32Br4/c1-21(35)25-5-13-29(14-6-25)33(30-15-7-26(8-16-30)22(2)36)34(31-17-9-27(10-18-31)23(3)37)32-19-11-28(12-20-32)24(4)38/h5-24H,1-4H3. The summed E-state index contributed by atoms with van der Waals surface area (Å²) in [6.07, 6.45) is 0. The van der Waals surface area contributed by atoms with Crippen LogP contribution in [0.4, 0.5) is 0 Å². The van der Waals surface area contributed by atoms with Crippen LogP contribution in [0.15, 0.2) is 97.1 Å². The van der Waals surface area contributed by atoms with Gasteiger partial charge in [-0.3, -0.25) is 0 Å². The van der Waals surface area contributed by atoms with Gasteiger partial charge in [-0.1, -0.05) is 161 Å². The Balaban J connectivity index is 2.03. The minimum absolute atomic E-state index is 0.306. The Morgan fingerprint density at radius 3 is 0.632 bits per heavy atom. The quantitative estimate of drug-likeness (QED) is 0.124. The van der Waals surface area contributed by atoms with E-state index in [9.17, 15) is 0 Å². The van der Waals surface area contributed by atoms with E-state index < -0.39 is 0 Å². The number of rotatable bonds is 8. The maximum absolute atomic E-state index is 3.73. The third kappa shape index (κ3) is 6.99. The first kappa shape index (κ1) is 29.5. The summed E-state index contributed by atoms with van der Waals surface area (Å²) in [5, 5.41) is 0. The van der Waals surface area contributed by atoms with Crippen molar-refractivity contribution in [2.24, 2.45) is 0 Å². The second kappa shape index (κ2) is 13.3. The molecule has 196 valence electrons. The van der Waals surface area contributed by atoms with Crippen LogP contribution in [-0.2, 0) is 0 Å². The van der Waals surface area contributed by atoms with Crippen molar-refractivity contribution in [1.29, 1.82) is 0 Å². The molecule has 4 atom stereocenters. The van der Waals surface area contributed by atoms with Crippen LogP contribution in [0.5, 0.6) is 0 Å². The van der Waals surface area contributed by atoms with E-state index in [2.05, 4.69) is 188 Å². The molecule has 0 fully saturated rings. The van der Waals surface area contributed by atoms with E-state index in [1.54, 1.807) is 0 Å². The van der Waals surface area contributed by atoms with Gasteiger partial charge in [0.15, 0.2) is 0 Å². The molecule has 0 nitrogen and oxygen atoms in total. The number of benzene rings is 4. The van der Waals surface area contributed by atoms with Gasteiger partial charge in [-0.25, -0.2) is 0 Å². The fraction of sp³-hybridized carbons (Fsp3) is 0.235. The van der Waals surface area contributed by atoms with E-state index >= 15 is 0 Å². The molecular weight excluding hydrogens is 728 g/mol. The molecule has 0 aliphatic rings. The number of halogens is 4. The largest absolute Gasteiger partial charge is 0.0842 e. The summed E-state index contributed by atoms with van der Waals surface area (Å²) in [6, 6.07) is 35.9. The molecule has 0 radical (unpaired) electrons. The summed E-state index contributed by atoms with van der Waals surface area (Å²) in [7, 11) is 0. The Morgan fingerprint density at radius 2 is 0.500 bits per heavy atom. The van der Waals surface area contributed by atoms with Gasteiger partial charge in [0.1, 0.15) is 0 Å². The third-order valence-corrected chi connectivity index (χ3v) is 9.00. The van der Waals surface area contributed by atoms with Crippen LogP contribution in [0.3, 0.4) is 0 Å². The van der Waals surface area contributed by atoms with Crippen molar-refractivity contribution >= 4 is 74.9 Å². The molecule has 0 heterocycles. The normalized spacial score (nSPS) is 14.4. The van der Waals surface area contributed by atoms with E-state index in [0.717, 1.165) is 0 Å². The predicted octanol–water partition coefficient (Wildman–Crippen LogP) is 12.5. The highest BCUT2D eigenvalue weighted by Gasteiger charge is 2.18. The van der Waals surface area contributed by atoms with Crippen molar-refractivity contribution in [3.05, 3.63) is 142 Å². The van der Waals surface area contributed by atoms with Crippen molar-refractivity contribution in [3.8, 4) is 0 Å². The van der Waals surface area contributed by atoms with Crippen LogP contribution in [-0.4, -0.2) is 0 Å². The predicted molar refractivity (Wildman–Crippen MR) is 180 cm³/mol. The highest BCUT2D eigenvalue weighted by molar-refractivity contribution is 9.09.